The van der Waals surface area contributed by atoms with Crippen molar-refractivity contribution < 1.29 is 27.8 Å². The quantitative estimate of drug-likeness (QED) is 0.815. The molecule has 0 aliphatic rings. The number of hydrogen-bond donors (Lipinski definition) is 1. The Kier molecular flexibility index (Phi) is 6.62. The smallest absolute Gasteiger partial charge is 0.407 e. The molecule has 1 unspecified atom stereocenters. The van der Waals surface area contributed by atoms with Crippen LogP contribution in [0.15, 0.2) is 18.2 Å². The van der Waals surface area contributed by atoms with Gasteiger partial charge in [-0.2, -0.15) is 0 Å². The van der Waals surface area contributed by atoms with E-state index in [0.717, 1.165) is 12.1 Å². The lowest BCUT2D eigenvalue weighted by molar-refractivity contribution is 0.0464. The molecule has 1 amide bonds. The molecule has 128 valence electrons. The molecule has 0 aliphatic heterocycles. The summed E-state index contributed by atoms with van der Waals surface area (Å²) in [5, 5.41) is 2.51. The van der Waals surface area contributed by atoms with Crippen LogP contribution in [0.4, 0.5) is 13.6 Å². The zero-order chi connectivity index (χ0) is 17.6. The van der Waals surface area contributed by atoms with E-state index in [0.29, 0.717) is 6.07 Å². The zero-order valence-corrected chi connectivity index (χ0v) is 13.6. The first kappa shape index (κ1) is 19.0. The minimum Gasteiger partial charge on any atom is -0.444 e. The molecule has 0 saturated heterocycles. The number of nitrogens with one attached hydrogen (secondary N) is 1. The summed E-state index contributed by atoms with van der Waals surface area (Å²) in [5.74, 6) is -2.19. The van der Waals surface area contributed by atoms with Gasteiger partial charge in [0.25, 0.3) is 0 Å². The van der Waals surface area contributed by atoms with Crippen molar-refractivity contribution in [1.29, 1.82) is 0 Å². The third-order valence-electron chi connectivity index (χ3n) is 2.71. The van der Waals surface area contributed by atoms with Crippen LogP contribution in [0.1, 0.15) is 37.6 Å². The van der Waals surface area contributed by atoms with Gasteiger partial charge in [0, 0.05) is 25.2 Å². The number of Topliss-reactive ketones (excluding diaryl/α,β-unsaturated/α-hetero) is 1. The number of ether oxygens (including phenoxy) is 2. The van der Waals surface area contributed by atoms with Crippen LogP contribution < -0.4 is 5.32 Å². The number of benzene rings is 1. The Hall–Kier alpha value is -2.02. The minimum atomic E-state index is -0.836. The van der Waals surface area contributed by atoms with Crippen molar-refractivity contribution in [2.75, 3.05) is 13.7 Å². The second kappa shape index (κ2) is 8.01. The van der Waals surface area contributed by atoms with E-state index in [1.165, 1.54) is 7.11 Å². The number of carbonyl (C=O) groups is 2. The van der Waals surface area contributed by atoms with Gasteiger partial charge in [0.15, 0.2) is 5.78 Å². The fourth-order valence-corrected chi connectivity index (χ4v) is 1.88. The lowest BCUT2D eigenvalue weighted by Gasteiger charge is -2.23. The van der Waals surface area contributed by atoms with E-state index in [4.69, 9.17) is 9.47 Å². The topological polar surface area (TPSA) is 64.6 Å². The van der Waals surface area contributed by atoms with Crippen molar-refractivity contribution in [1.82, 2.24) is 5.32 Å². The summed E-state index contributed by atoms with van der Waals surface area (Å²) in [6.07, 6.45) is -0.867. The average Bonchev–Trinajstić information content (AvgIpc) is 2.35. The Labute approximate surface area is 134 Å². The first-order chi connectivity index (χ1) is 10.6. The lowest BCUT2D eigenvalue weighted by atomic mass is 10.0. The number of hydrogen-bond acceptors (Lipinski definition) is 4. The number of amides is 1. The summed E-state index contributed by atoms with van der Waals surface area (Å²) in [4.78, 5) is 23.9. The van der Waals surface area contributed by atoms with Crippen molar-refractivity contribution in [2.45, 2.75) is 38.8 Å². The molecular formula is C16H21F2NO4. The van der Waals surface area contributed by atoms with Gasteiger partial charge in [-0.3, -0.25) is 4.79 Å². The van der Waals surface area contributed by atoms with Gasteiger partial charge < -0.3 is 14.8 Å². The third-order valence-corrected chi connectivity index (χ3v) is 2.71. The minimum absolute atomic E-state index is 0.0583. The van der Waals surface area contributed by atoms with Crippen molar-refractivity contribution in [3.05, 3.63) is 35.4 Å². The molecule has 7 heteroatoms. The Morgan fingerprint density at radius 3 is 2.22 bits per heavy atom. The molecule has 0 bridgehead atoms. The Bertz CT molecular complexity index is 549. The summed E-state index contributed by atoms with van der Waals surface area (Å²) in [5.41, 5.74) is -0.785. The summed E-state index contributed by atoms with van der Waals surface area (Å²) in [6.45, 7) is 5.18. The molecule has 0 aliphatic carbocycles. The van der Waals surface area contributed by atoms with Crippen LogP contribution in [0.25, 0.3) is 0 Å². The summed E-state index contributed by atoms with van der Waals surface area (Å²) in [6, 6.07) is 1.90. The van der Waals surface area contributed by atoms with E-state index in [1.54, 1.807) is 20.8 Å². The van der Waals surface area contributed by atoms with Crippen molar-refractivity contribution in [3.8, 4) is 0 Å². The molecular weight excluding hydrogens is 308 g/mol. The predicted molar refractivity (Wildman–Crippen MR) is 80.3 cm³/mol. The maximum Gasteiger partial charge on any atom is 0.407 e. The van der Waals surface area contributed by atoms with E-state index >= 15 is 0 Å². The Balaban J connectivity index is 2.74. The van der Waals surface area contributed by atoms with Gasteiger partial charge in [-0.1, -0.05) is 0 Å². The van der Waals surface area contributed by atoms with E-state index in [-0.39, 0.29) is 18.6 Å². The first-order valence-corrected chi connectivity index (χ1v) is 7.08. The molecule has 1 aromatic carbocycles. The molecule has 0 heterocycles. The standard InChI is InChI=1S/C16H21F2NO4/c1-16(2,3)23-15(21)19-13(9-22-4)8-14(20)10-5-11(17)7-12(18)6-10/h5-7,13H,8-9H2,1-4H3,(H,19,21). The van der Waals surface area contributed by atoms with Crippen LogP contribution in [0, 0.1) is 11.6 Å². The molecule has 1 N–H and O–H groups in total. The van der Waals surface area contributed by atoms with Crippen LogP contribution in [0.3, 0.4) is 0 Å². The van der Waals surface area contributed by atoms with Crippen LogP contribution in [-0.2, 0) is 9.47 Å². The monoisotopic (exact) mass is 329 g/mol. The van der Waals surface area contributed by atoms with E-state index < -0.39 is 35.2 Å². The summed E-state index contributed by atoms with van der Waals surface area (Å²) >= 11 is 0. The second-order valence-corrected chi connectivity index (χ2v) is 6.08. The average molecular weight is 329 g/mol. The van der Waals surface area contributed by atoms with Crippen molar-refractivity contribution in [2.24, 2.45) is 0 Å². The Morgan fingerprint density at radius 1 is 1.17 bits per heavy atom. The van der Waals surface area contributed by atoms with Crippen LogP contribution in [0.2, 0.25) is 0 Å². The normalized spacial score (nSPS) is 12.6. The fourth-order valence-electron chi connectivity index (χ4n) is 1.88. The zero-order valence-electron chi connectivity index (χ0n) is 13.6. The highest BCUT2D eigenvalue weighted by atomic mass is 19.1. The van der Waals surface area contributed by atoms with E-state index in [1.807, 2.05) is 0 Å². The van der Waals surface area contributed by atoms with Crippen molar-refractivity contribution in [3.63, 3.8) is 0 Å². The lowest BCUT2D eigenvalue weighted by Crippen LogP contribution is -2.42. The van der Waals surface area contributed by atoms with E-state index in [2.05, 4.69) is 5.32 Å². The molecule has 1 atom stereocenters. The van der Waals surface area contributed by atoms with Crippen LogP contribution in [-0.4, -0.2) is 37.2 Å². The maximum atomic E-state index is 13.2. The van der Waals surface area contributed by atoms with Crippen LogP contribution in [0.5, 0.6) is 0 Å². The molecule has 23 heavy (non-hydrogen) atoms. The molecule has 0 aromatic heterocycles. The van der Waals surface area contributed by atoms with Gasteiger partial charge in [0.05, 0.1) is 12.6 Å². The predicted octanol–water partition coefficient (Wildman–Crippen LogP) is 3.08. The van der Waals surface area contributed by atoms with Gasteiger partial charge in [-0.15, -0.1) is 0 Å². The number of methoxy groups -OCH3 is 1. The van der Waals surface area contributed by atoms with Crippen molar-refractivity contribution >= 4 is 11.9 Å². The van der Waals surface area contributed by atoms with E-state index in [9.17, 15) is 18.4 Å². The number of carbonyl (C=O) groups excluding carboxylic acids is 2. The third kappa shape index (κ3) is 7.19. The first-order valence-electron chi connectivity index (χ1n) is 7.08. The number of ketones is 1. The maximum absolute atomic E-state index is 13.2. The molecule has 1 rings (SSSR count). The molecule has 0 fully saturated rings. The summed E-state index contributed by atoms with van der Waals surface area (Å²) in [7, 11) is 1.41. The Morgan fingerprint density at radius 2 is 1.74 bits per heavy atom. The van der Waals surface area contributed by atoms with Gasteiger partial charge in [0.1, 0.15) is 17.2 Å². The SMILES string of the molecule is COCC(CC(=O)c1cc(F)cc(F)c1)NC(=O)OC(C)(C)C. The van der Waals surface area contributed by atoms with Crippen LogP contribution >= 0.6 is 0 Å². The molecule has 0 radical (unpaired) electrons. The molecule has 0 saturated carbocycles. The number of rotatable bonds is 6. The summed E-state index contributed by atoms with van der Waals surface area (Å²) < 4.78 is 36.4. The highest BCUT2D eigenvalue weighted by molar-refractivity contribution is 5.96. The van der Waals surface area contributed by atoms with Gasteiger partial charge >= 0.3 is 6.09 Å². The van der Waals surface area contributed by atoms with Gasteiger partial charge in [-0.05, 0) is 32.9 Å². The molecule has 0 spiro atoms. The molecule has 1 aromatic rings. The second-order valence-electron chi connectivity index (χ2n) is 6.08. The van der Waals surface area contributed by atoms with Gasteiger partial charge in [-0.25, -0.2) is 13.6 Å². The highest BCUT2D eigenvalue weighted by Gasteiger charge is 2.22. The highest BCUT2D eigenvalue weighted by Crippen LogP contribution is 2.12. The fraction of sp³-hybridized carbons (Fsp3) is 0.500. The van der Waals surface area contributed by atoms with Gasteiger partial charge in [0.2, 0.25) is 0 Å². The largest absolute Gasteiger partial charge is 0.444 e. The molecule has 5 nitrogen and oxygen atoms in total. The number of halogens is 2. The number of alkyl carbamates (subject to hydrolysis) is 1.